The highest BCUT2D eigenvalue weighted by atomic mass is 32.2. The Bertz CT molecular complexity index is 981. The second-order valence-corrected chi connectivity index (χ2v) is 9.57. The van der Waals surface area contributed by atoms with Gasteiger partial charge in [0, 0.05) is 25.5 Å². The van der Waals surface area contributed by atoms with Crippen LogP contribution in [0.25, 0.3) is 0 Å². The van der Waals surface area contributed by atoms with E-state index in [1.165, 1.54) is 17.7 Å². The van der Waals surface area contributed by atoms with Crippen molar-refractivity contribution in [3.05, 3.63) is 65.2 Å². The molecule has 2 aromatic rings. The largest absolute Gasteiger partial charge is 0.339 e. The van der Waals surface area contributed by atoms with Crippen molar-refractivity contribution in [2.75, 3.05) is 7.05 Å². The van der Waals surface area contributed by atoms with Crippen molar-refractivity contribution in [3.8, 4) is 0 Å². The summed E-state index contributed by atoms with van der Waals surface area (Å²) in [4.78, 5) is 26.6. The summed E-state index contributed by atoms with van der Waals surface area (Å²) in [7, 11) is -2.08. The Morgan fingerprint density at radius 1 is 0.933 bits per heavy atom. The number of rotatable bonds is 9. The van der Waals surface area contributed by atoms with Crippen LogP contribution in [0.2, 0.25) is 0 Å². The smallest absolute Gasteiger partial charge is 0.238 e. The number of primary sulfonamides is 1. The molecule has 0 radical (unpaired) electrons. The van der Waals surface area contributed by atoms with Crippen molar-refractivity contribution in [2.24, 2.45) is 11.1 Å². The van der Waals surface area contributed by atoms with E-state index >= 15 is 0 Å². The first kappa shape index (κ1) is 23.8. The minimum absolute atomic E-state index is 0.0254. The van der Waals surface area contributed by atoms with E-state index in [1.54, 1.807) is 24.1 Å². The number of nitrogens with two attached hydrogens (primary N) is 1. The summed E-state index contributed by atoms with van der Waals surface area (Å²) in [6.07, 6.45) is 1.22. The first-order valence-corrected chi connectivity index (χ1v) is 11.5. The summed E-state index contributed by atoms with van der Waals surface area (Å²) in [5.41, 5.74) is 2.59. The zero-order chi connectivity index (χ0) is 22.5. The van der Waals surface area contributed by atoms with Gasteiger partial charge in [-0.05, 0) is 42.5 Å². The lowest BCUT2D eigenvalue weighted by molar-refractivity contribution is -0.131. The monoisotopic (exact) mass is 430 g/mol. The lowest BCUT2D eigenvalue weighted by atomic mass is 9.99. The fourth-order valence-corrected chi connectivity index (χ4v) is 3.73. The summed E-state index contributed by atoms with van der Waals surface area (Å²) < 4.78 is 22.7. The SMILES string of the molecule is CC(C)Cc1ccc(C(=O)CCC(=O)N(C)[C@H](C)c2ccc(S(N)(=O)=O)cc2)cc1. The standard InChI is InChI=1S/C23H30N2O4S/c1-16(2)15-18-5-7-20(8-6-18)22(26)13-14-23(27)25(4)17(3)19-9-11-21(12-10-19)30(24,28)29/h5-12,16-17H,13-15H2,1-4H3,(H2,24,28,29)/t17-/m1/s1. The lowest BCUT2D eigenvalue weighted by Gasteiger charge is -2.25. The fourth-order valence-electron chi connectivity index (χ4n) is 3.21. The summed E-state index contributed by atoms with van der Waals surface area (Å²) in [5.74, 6) is 0.346. The van der Waals surface area contributed by atoms with E-state index < -0.39 is 10.0 Å². The number of hydrogen-bond acceptors (Lipinski definition) is 4. The Morgan fingerprint density at radius 3 is 2.00 bits per heavy atom. The number of Topliss-reactive ketones (excluding diaryl/α,β-unsaturated/α-hetero) is 1. The molecule has 0 spiro atoms. The van der Waals surface area contributed by atoms with E-state index in [1.807, 2.05) is 31.2 Å². The number of carbonyl (C=O) groups excluding carboxylic acids is 2. The average molecular weight is 431 g/mol. The Kier molecular flexibility index (Phi) is 7.92. The van der Waals surface area contributed by atoms with E-state index in [4.69, 9.17) is 5.14 Å². The van der Waals surface area contributed by atoms with Crippen LogP contribution in [-0.2, 0) is 21.2 Å². The molecule has 1 atom stereocenters. The van der Waals surface area contributed by atoms with Crippen LogP contribution < -0.4 is 5.14 Å². The average Bonchev–Trinajstić information content (AvgIpc) is 2.70. The molecule has 0 aliphatic rings. The van der Waals surface area contributed by atoms with Gasteiger partial charge in [0.1, 0.15) is 0 Å². The molecule has 7 heteroatoms. The summed E-state index contributed by atoms with van der Waals surface area (Å²) >= 11 is 0. The van der Waals surface area contributed by atoms with Gasteiger partial charge in [-0.3, -0.25) is 9.59 Å². The fraction of sp³-hybridized carbons (Fsp3) is 0.391. The topological polar surface area (TPSA) is 97.5 Å². The van der Waals surface area contributed by atoms with Gasteiger partial charge in [0.2, 0.25) is 15.9 Å². The first-order valence-electron chi connectivity index (χ1n) is 9.99. The lowest BCUT2D eigenvalue weighted by Crippen LogP contribution is -2.30. The van der Waals surface area contributed by atoms with Crippen molar-refractivity contribution < 1.29 is 18.0 Å². The Labute approximate surface area is 179 Å². The Hall–Kier alpha value is -2.51. The van der Waals surface area contributed by atoms with Gasteiger partial charge in [0.15, 0.2) is 5.78 Å². The predicted molar refractivity (Wildman–Crippen MR) is 118 cm³/mol. The number of sulfonamides is 1. The van der Waals surface area contributed by atoms with Gasteiger partial charge in [-0.25, -0.2) is 13.6 Å². The highest BCUT2D eigenvalue weighted by Gasteiger charge is 2.19. The molecular formula is C23H30N2O4S. The normalized spacial score (nSPS) is 12.6. The van der Waals surface area contributed by atoms with Gasteiger partial charge >= 0.3 is 0 Å². The van der Waals surface area contributed by atoms with Crippen LogP contribution in [0, 0.1) is 5.92 Å². The summed E-state index contributed by atoms with van der Waals surface area (Å²) in [5, 5.41) is 5.11. The predicted octanol–water partition coefficient (Wildman–Crippen LogP) is 3.72. The molecule has 30 heavy (non-hydrogen) atoms. The molecule has 0 saturated carbocycles. The van der Waals surface area contributed by atoms with Crippen LogP contribution in [-0.4, -0.2) is 32.1 Å². The van der Waals surface area contributed by atoms with Crippen molar-refractivity contribution in [2.45, 2.75) is 51.0 Å². The van der Waals surface area contributed by atoms with Crippen molar-refractivity contribution in [1.29, 1.82) is 0 Å². The highest BCUT2D eigenvalue weighted by Crippen LogP contribution is 2.21. The van der Waals surface area contributed by atoms with E-state index in [9.17, 15) is 18.0 Å². The second kappa shape index (κ2) is 10.00. The minimum atomic E-state index is -3.75. The molecule has 0 bridgehead atoms. The Morgan fingerprint density at radius 2 is 1.50 bits per heavy atom. The third-order valence-electron chi connectivity index (χ3n) is 5.15. The molecule has 0 heterocycles. The van der Waals surface area contributed by atoms with Crippen LogP contribution in [0.1, 0.15) is 61.1 Å². The summed E-state index contributed by atoms with van der Waals surface area (Å²) in [6, 6.07) is 13.4. The number of amides is 1. The molecule has 6 nitrogen and oxygen atoms in total. The molecule has 0 fully saturated rings. The molecule has 0 saturated heterocycles. The molecule has 2 rings (SSSR count). The molecule has 2 N–H and O–H groups in total. The molecule has 0 aromatic heterocycles. The van der Waals surface area contributed by atoms with E-state index in [0.717, 1.165) is 12.0 Å². The van der Waals surface area contributed by atoms with Gasteiger partial charge in [0.05, 0.1) is 10.9 Å². The van der Waals surface area contributed by atoms with Gasteiger partial charge < -0.3 is 4.90 Å². The molecule has 1 amide bonds. The van der Waals surface area contributed by atoms with E-state index in [2.05, 4.69) is 13.8 Å². The second-order valence-electron chi connectivity index (χ2n) is 8.01. The van der Waals surface area contributed by atoms with Crippen LogP contribution >= 0.6 is 0 Å². The van der Waals surface area contributed by atoms with Crippen LogP contribution in [0.4, 0.5) is 0 Å². The van der Waals surface area contributed by atoms with Crippen LogP contribution in [0.3, 0.4) is 0 Å². The maximum Gasteiger partial charge on any atom is 0.238 e. The van der Waals surface area contributed by atoms with Crippen LogP contribution in [0.5, 0.6) is 0 Å². The van der Waals surface area contributed by atoms with Gasteiger partial charge in [0.25, 0.3) is 0 Å². The number of ketones is 1. The molecule has 2 aromatic carbocycles. The quantitative estimate of drug-likeness (QED) is 0.613. The first-order chi connectivity index (χ1) is 14.0. The van der Waals surface area contributed by atoms with Crippen molar-refractivity contribution in [1.82, 2.24) is 4.90 Å². The third kappa shape index (κ3) is 6.50. The highest BCUT2D eigenvalue weighted by molar-refractivity contribution is 7.89. The molecule has 162 valence electrons. The van der Waals surface area contributed by atoms with Crippen molar-refractivity contribution in [3.63, 3.8) is 0 Å². The maximum atomic E-state index is 12.6. The maximum absolute atomic E-state index is 12.6. The zero-order valence-electron chi connectivity index (χ0n) is 18.0. The molecule has 0 aliphatic carbocycles. The number of nitrogens with zero attached hydrogens (tertiary/aromatic N) is 1. The van der Waals surface area contributed by atoms with E-state index in [0.29, 0.717) is 11.5 Å². The van der Waals surface area contributed by atoms with Gasteiger partial charge in [-0.15, -0.1) is 0 Å². The number of hydrogen-bond donors (Lipinski definition) is 1. The molecule has 0 aliphatic heterocycles. The summed E-state index contributed by atoms with van der Waals surface area (Å²) in [6.45, 7) is 6.15. The third-order valence-corrected chi connectivity index (χ3v) is 6.08. The van der Waals surface area contributed by atoms with Gasteiger partial charge in [-0.1, -0.05) is 50.2 Å². The zero-order valence-corrected chi connectivity index (χ0v) is 18.8. The number of carbonyl (C=O) groups is 2. The molecule has 0 unspecified atom stereocenters. The van der Waals surface area contributed by atoms with Crippen molar-refractivity contribution >= 4 is 21.7 Å². The number of benzene rings is 2. The van der Waals surface area contributed by atoms with Crippen LogP contribution in [0.15, 0.2) is 53.4 Å². The minimum Gasteiger partial charge on any atom is -0.339 e. The van der Waals surface area contributed by atoms with E-state index in [-0.39, 0.29) is 35.5 Å². The van der Waals surface area contributed by atoms with Gasteiger partial charge in [-0.2, -0.15) is 0 Å². The Balaban J connectivity index is 1.94. The molecular weight excluding hydrogens is 400 g/mol.